The number of aryl methyl sites for hydroxylation is 1. The van der Waals surface area contributed by atoms with Crippen LogP contribution in [0.15, 0.2) is 40.6 Å². The second kappa shape index (κ2) is 5.25. The average Bonchev–Trinajstić information content (AvgIpc) is 2.31. The van der Waals surface area contributed by atoms with Gasteiger partial charge in [0.1, 0.15) is 5.82 Å². The number of halogens is 1. The zero-order chi connectivity index (χ0) is 12.3. The molecule has 5 heteroatoms. The molecule has 1 heterocycles. The standard InChI is InChI=1S/C12H12FN3S/c1-8-6-15-12(16-7-8)17-11-3-9(5-14)2-10(13)4-11/h2-4,6-7H,5,14H2,1H3. The molecule has 0 aliphatic carbocycles. The van der Waals surface area contributed by atoms with Crippen molar-refractivity contribution in [2.24, 2.45) is 5.73 Å². The summed E-state index contributed by atoms with van der Waals surface area (Å²) in [6.07, 6.45) is 3.47. The second-order valence-corrected chi connectivity index (χ2v) is 4.69. The third kappa shape index (κ3) is 3.25. The fraction of sp³-hybridized carbons (Fsp3) is 0.167. The van der Waals surface area contributed by atoms with Crippen LogP contribution in [0.4, 0.5) is 4.39 Å². The minimum Gasteiger partial charge on any atom is -0.326 e. The Morgan fingerprint density at radius 2 is 1.94 bits per heavy atom. The summed E-state index contributed by atoms with van der Waals surface area (Å²) in [5.74, 6) is -0.289. The molecule has 17 heavy (non-hydrogen) atoms. The van der Waals surface area contributed by atoms with Crippen LogP contribution in [0.5, 0.6) is 0 Å². The predicted octanol–water partition coefficient (Wildman–Crippen LogP) is 2.53. The molecule has 0 bridgehead atoms. The average molecular weight is 249 g/mol. The first-order chi connectivity index (χ1) is 8.17. The Hall–Kier alpha value is -1.46. The summed E-state index contributed by atoms with van der Waals surface area (Å²) >= 11 is 1.32. The largest absolute Gasteiger partial charge is 0.326 e. The van der Waals surface area contributed by atoms with Crippen LogP contribution in [0.25, 0.3) is 0 Å². The smallest absolute Gasteiger partial charge is 0.192 e. The molecule has 0 spiro atoms. The van der Waals surface area contributed by atoms with E-state index in [9.17, 15) is 4.39 Å². The van der Waals surface area contributed by atoms with Gasteiger partial charge in [-0.25, -0.2) is 14.4 Å². The molecule has 0 unspecified atom stereocenters. The van der Waals surface area contributed by atoms with Crippen molar-refractivity contribution in [3.8, 4) is 0 Å². The molecule has 0 saturated heterocycles. The molecular weight excluding hydrogens is 237 g/mol. The van der Waals surface area contributed by atoms with Gasteiger partial charge in [-0.2, -0.15) is 0 Å². The zero-order valence-electron chi connectivity index (χ0n) is 9.35. The van der Waals surface area contributed by atoms with E-state index >= 15 is 0 Å². The highest BCUT2D eigenvalue weighted by Crippen LogP contribution is 2.26. The van der Waals surface area contributed by atoms with Gasteiger partial charge in [0.25, 0.3) is 0 Å². The van der Waals surface area contributed by atoms with Gasteiger partial charge in [0.2, 0.25) is 0 Å². The molecule has 0 saturated carbocycles. The number of hydrogen-bond acceptors (Lipinski definition) is 4. The van der Waals surface area contributed by atoms with Crippen molar-refractivity contribution in [1.29, 1.82) is 0 Å². The lowest BCUT2D eigenvalue weighted by Crippen LogP contribution is -1.97. The quantitative estimate of drug-likeness (QED) is 0.849. The van der Waals surface area contributed by atoms with E-state index in [4.69, 9.17) is 5.73 Å². The molecular formula is C12H12FN3S. The lowest BCUT2D eigenvalue weighted by Gasteiger charge is -2.03. The summed E-state index contributed by atoms with van der Waals surface area (Å²) in [5, 5.41) is 0.601. The molecule has 0 fully saturated rings. The maximum absolute atomic E-state index is 13.3. The number of nitrogens with two attached hydrogens (primary N) is 1. The highest BCUT2D eigenvalue weighted by molar-refractivity contribution is 7.99. The molecule has 0 radical (unpaired) electrons. The summed E-state index contributed by atoms with van der Waals surface area (Å²) in [6, 6.07) is 4.73. The van der Waals surface area contributed by atoms with E-state index in [2.05, 4.69) is 9.97 Å². The van der Waals surface area contributed by atoms with E-state index in [1.54, 1.807) is 12.4 Å². The van der Waals surface area contributed by atoms with Gasteiger partial charge in [-0.05, 0) is 48.0 Å². The number of nitrogens with zero attached hydrogens (tertiary/aromatic N) is 2. The minimum atomic E-state index is -0.289. The van der Waals surface area contributed by atoms with E-state index in [0.717, 1.165) is 16.0 Å². The summed E-state index contributed by atoms with van der Waals surface area (Å²) in [6.45, 7) is 2.24. The predicted molar refractivity (Wildman–Crippen MR) is 65.2 cm³/mol. The van der Waals surface area contributed by atoms with Crippen LogP contribution in [-0.4, -0.2) is 9.97 Å². The molecule has 1 aromatic carbocycles. The zero-order valence-corrected chi connectivity index (χ0v) is 10.2. The van der Waals surface area contributed by atoms with Crippen molar-refractivity contribution in [3.05, 3.63) is 47.5 Å². The Balaban J connectivity index is 2.23. The van der Waals surface area contributed by atoms with Crippen LogP contribution in [0.1, 0.15) is 11.1 Å². The monoisotopic (exact) mass is 249 g/mol. The second-order valence-electron chi connectivity index (χ2n) is 3.64. The van der Waals surface area contributed by atoms with Crippen LogP contribution in [-0.2, 0) is 6.54 Å². The van der Waals surface area contributed by atoms with Gasteiger partial charge in [-0.15, -0.1) is 0 Å². The molecule has 2 N–H and O–H groups in total. The fourth-order valence-electron chi connectivity index (χ4n) is 1.34. The molecule has 2 aromatic rings. The van der Waals surface area contributed by atoms with Crippen molar-refractivity contribution >= 4 is 11.8 Å². The highest BCUT2D eigenvalue weighted by atomic mass is 32.2. The Morgan fingerprint density at radius 1 is 1.24 bits per heavy atom. The highest BCUT2D eigenvalue weighted by Gasteiger charge is 2.04. The van der Waals surface area contributed by atoms with Gasteiger partial charge in [-0.3, -0.25) is 0 Å². The molecule has 0 amide bonds. The number of aromatic nitrogens is 2. The van der Waals surface area contributed by atoms with Gasteiger partial charge < -0.3 is 5.73 Å². The van der Waals surface area contributed by atoms with E-state index < -0.39 is 0 Å². The maximum atomic E-state index is 13.3. The van der Waals surface area contributed by atoms with Crippen molar-refractivity contribution in [3.63, 3.8) is 0 Å². The van der Waals surface area contributed by atoms with Gasteiger partial charge in [0.05, 0.1) is 0 Å². The van der Waals surface area contributed by atoms with Crippen LogP contribution < -0.4 is 5.73 Å². The number of benzene rings is 1. The maximum Gasteiger partial charge on any atom is 0.192 e. The van der Waals surface area contributed by atoms with Crippen molar-refractivity contribution in [2.45, 2.75) is 23.5 Å². The fourth-order valence-corrected chi connectivity index (χ4v) is 2.14. The van der Waals surface area contributed by atoms with Gasteiger partial charge in [0, 0.05) is 23.8 Å². The lowest BCUT2D eigenvalue weighted by atomic mass is 10.2. The third-order valence-corrected chi connectivity index (χ3v) is 3.00. The first-order valence-corrected chi connectivity index (χ1v) is 5.95. The van der Waals surface area contributed by atoms with Crippen LogP contribution in [0.2, 0.25) is 0 Å². The van der Waals surface area contributed by atoms with E-state index in [0.29, 0.717) is 11.7 Å². The minimum absolute atomic E-state index is 0.289. The van der Waals surface area contributed by atoms with Crippen LogP contribution in [0.3, 0.4) is 0 Å². The van der Waals surface area contributed by atoms with E-state index in [1.807, 2.05) is 13.0 Å². The number of hydrogen-bond donors (Lipinski definition) is 1. The summed E-state index contributed by atoms with van der Waals surface area (Å²) < 4.78 is 13.3. The van der Waals surface area contributed by atoms with Crippen molar-refractivity contribution in [2.75, 3.05) is 0 Å². The lowest BCUT2D eigenvalue weighted by molar-refractivity contribution is 0.621. The van der Waals surface area contributed by atoms with Crippen LogP contribution >= 0.6 is 11.8 Å². The molecule has 88 valence electrons. The molecule has 0 atom stereocenters. The van der Waals surface area contributed by atoms with E-state index in [1.165, 1.54) is 23.9 Å². The van der Waals surface area contributed by atoms with Crippen molar-refractivity contribution in [1.82, 2.24) is 9.97 Å². The Kier molecular flexibility index (Phi) is 3.71. The summed E-state index contributed by atoms with van der Waals surface area (Å²) in [4.78, 5) is 9.07. The first kappa shape index (κ1) is 12.0. The molecule has 1 aromatic heterocycles. The Bertz CT molecular complexity index is 514. The molecule has 3 nitrogen and oxygen atoms in total. The number of rotatable bonds is 3. The van der Waals surface area contributed by atoms with Gasteiger partial charge in [-0.1, -0.05) is 0 Å². The van der Waals surface area contributed by atoms with Crippen molar-refractivity contribution < 1.29 is 4.39 Å². The Morgan fingerprint density at radius 3 is 2.59 bits per heavy atom. The van der Waals surface area contributed by atoms with Gasteiger partial charge >= 0.3 is 0 Å². The topological polar surface area (TPSA) is 51.8 Å². The van der Waals surface area contributed by atoms with Crippen LogP contribution in [0, 0.1) is 12.7 Å². The normalized spacial score (nSPS) is 10.5. The first-order valence-electron chi connectivity index (χ1n) is 5.13. The summed E-state index contributed by atoms with van der Waals surface area (Å²) in [7, 11) is 0. The molecule has 0 aliphatic rings. The van der Waals surface area contributed by atoms with E-state index in [-0.39, 0.29) is 5.82 Å². The molecule has 0 aliphatic heterocycles. The third-order valence-electron chi connectivity index (χ3n) is 2.13. The summed E-state index contributed by atoms with van der Waals surface area (Å²) in [5.41, 5.74) is 7.25. The SMILES string of the molecule is Cc1cnc(Sc2cc(F)cc(CN)c2)nc1. The molecule has 2 rings (SSSR count). The van der Waals surface area contributed by atoms with Gasteiger partial charge in [0.15, 0.2) is 5.16 Å². The Labute approximate surface area is 103 Å².